The van der Waals surface area contributed by atoms with Gasteiger partial charge in [0.1, 0.15) is 0 Å². The standard InChI is InChI=1S/C16H9BrF3N/c17-15-6-1-3-11(8-15)7-13(10-21)12-4-2-5-14(9-12)16(18,19)20/h1-9H/b13-7-. The summed E-state index contributed by atoms with van der Waals surface area (Å²) in [5.74, 6) is 0. The molecule has 0 fully saturated rings. The lowest BCUT2D eigenvalue weighted by molar-refractivity contribution is -0.137. The van der Waals surface area contributed by atoms with Crippen LogP contribution in [0.4, 0.5) is 13.2 Å². The molecule has 0 spiro atoms. The first kappa shape index (κ1) is 15.3. The van der Waals surface area contributed by atoms with Gasteiger partial charge in [0.2, 0.25) is 0 Å². The highest BCUT2D eigenvalue weighted by Crippen LogP contribution is 2.31. The molecule has 0 saturated heterocycles. The quantitative estimate of drug-likeness (QED) is 0.515. The Kier molecular flexibility index (Phi) is 4.49. The summed E-state index contributed by atoms with van der Waals surface area (Å²) in [6.07, 6.45) is -2.87. The Morgan fingerprint density at radius 2 is 1.81 bits per heavy atom. The zero-order valence-electron chi connectivity index (χ0n) is 10.7. The van der Waals surface area contributed by atoms with Crippen LogP contribution in [-0.2, 0) is 6.18 Å². The molecule has 2 aromatic rings. The second kappa shape index (κ2) is 6.15. The molecule has 1 nitrogen and oxygen atoms in total. The number of rotatable bonds is 2. The van der Waals surface area contributed by atoms with Crippen molar-refractivity contribution in [2.24, 2.45) is 0 Å². The summed E-state index contributed by atoms with van der Waals surface area (Å²) in [4.78, 5) is 0. The lowest BCUT2D eigenvalue weighted by Crippen LogP contribution is -2.04. The number of allylic oxidation sites excluding steroid dienone is 1. The summed E-state index contributed by atoms with van der Waals surface area (Å²) in [6, 6.07) is 13.9. The minimum atomic E-state index is -4.42. The SMILES string of the molecule is N#C/C(=C/c1cccc(Br)c1)c1cccc(C(F)(F)F)c1. The van der Waals surface area contributed by atoms with E-state index in [0.717, 1.165) is 22.2 Å². The normalized spacial score (nSPS) is 12.0. The summed E-state index contributed by atoms with van der Waals surface area (Å²) in [6.45, 7) is 0. The van der Waals surface area contributed by atoms with Crippen molar-refractivity contribution in [2.75, 3.05) is 0 Å². The van der Waals surface area contributed by atoms with E-state index in [1.54, 1.807) is 24.3 Å². The van der Waals surface area contributed by atoms with Gasteiger partial charge in [-0.25, -0.2) is 0 Å². The molecule has 0 unspecified atom stereocenters. The second-order valence-electron chi connectivity index (χ2n) is 4.30. The maximum Gasteiger partial charge on any atom is 0.416 e. The lowest BCUT2D eigenvalue weighted by atomic mass is 10.0. The molecule has 21 heavy (non-hydrogen) atoms. The van der Waals surface area contributed by atoms with Crippen LogP contribution in [0.15, 0.2) is 53.0 Å². The molecule has 0 aliphatic carbocycles. The smallest absolute Gasteiger partial charge is 0.192 e. The molecule has 0 heterocycles. The molecule has 0 bridgehead atoms. The monoisotopic (exact) mass is 351 g/mol. The molecule has 0 aliphatic rings. The predicted molar refractivity (Wildman–Crippen MR) is 79.1 cm³/mol. The van der Waals surface area contributed by atoms with Gasteiger partial charge in [0.05, 0.1) is 17.2 Å². The number of nitriles is 1. The minimum Gasteiger partial charge on any atom is -0.192 e. The highest BCUT2D eigenvalue weighted by Gasteiger charge is 2.30. The summed E-state index contributed by atoms with van der Waals surface area (Å²) >= 11 is 3.31. The van der Waals surface area contributed by atoms with E-state index in [1.165, 1.54) is 12.1 Å². The number of hydrogen-bond donors (Lipinski definition) is 0. The fourth-order valence-corrected chi connectivity index (χ4v) is 2.22. The van der Waals surface area contributed by atoms with Crippen LogP contribution >= 0.6 is 15.9 Å². The van der Waals surface area contributed by atoms with Crippen molar-refractivity contribution in [3.8, 4) is 6.07 Å². The maximum absolute atomic E-state index is 12.7. The van der Waals surface area contributed by atoms with Gasteiger partial charge in [-0.05, 0) is 41.5 Å². The van der Waals surface area contributed by atoms with Crippen molar-refractivity contribution in [3.63, 3.8) is 0 Å². The van der Waals surface area contributed by atoms with Crippen molar-refractivity contribution in [2.45, 2.75) is 6.18 Å². The summed E-state index contributed by atoms with van der Waals surface area (Å²) in [5, 5.41) is 9.19. The van der Waals surface area contributed by atoms with Gasteiger partial charge in [-0.3, -0.25) is 0 Å². The zero-order valence-corrected chi connectivity index (χ0v) is 12.2. The summed E-state index contributed by atoms with van der Waals surface area (Å²) < 4.78 is 39.0. The summed E-state index contributed by atoms with van der Waals surface area (Å²) in [7, 11) is 0. The second-order valence-corrected chi connectivity index (χ2v) is 5.22. The van der Waals surface area contributed by atoms with E-state index in [0.29, 0.717) is 0 Å². The molecule has 2 rings (SSSR count). The molecule has 5 heteroatoms. The van der Waals surface area contributed by atoms with Crippen molar-refractivity contribution >= 4 is 27.6 Å². The van der Waals surface area contributed by atoms with Crippen molar-refractivity contribution < 1.29 is 13.2 Å². The van der Waals surface area contributed by atoms with Crippen LogP contribution in [0.2, 0.25) is 0 Å². The average molecular weight is 352 g/mol. The number of alkyl halides is 3. The highest BCUT2D eigenvalue weighted by atomic mass is 79.9. The van der Waals surface area contributed by atoms with E-state index in [1.807, 2.05) is 12.1 Å². The molecule has 2 aromatic carbocycles. The molecule has 106 valence electrons. The van der Waals surface area contributed by atoms with E-state index in [4.69, 9.17) is 0 Å². The number of nitrogens with zero attached hydrogens (tertiary/aromatic N) is 1. The van der Waals surface area contributed by atoms with E-state index in [-0.39, 0.29) is 11.1 Å². The van der Waals surface area contributed by atoms with Crippen LogP contribution in [0.5, 0.6) is 0 Å². The maximum atomic E-state index is 12.7. The fraction of sp³-hybridized carbons (Fsp3) is 0.0625. The molecular weight excluding hydrogens is 343 g/mol. The Balaban J connectivity index is 2.45. The van der Waals surface area contributed by atoms with Crippen molar-refractivity contribution in [3.05, 3.63) is 69.7 Å². The highest BCUT2D eigenvalue weighted by molar-refractivity contribution is 9.10. The molecule has 0 N–H and O–H groups in total. The third-order valence-electron chi connectivity index (χ3n) is 2.78. The van der Waals surface area contributed by atoms with Gasteiger partial charge in [0.15, 0.2) is 0 Å². The Morgan fingerprint density at radius 3 is 2.43 bits per heavy atom. The number of hydrogen-bond acceptors (Lipinski definition) is 1. The van der Waals surface area contributed by atoms with E-state index >= 15 is 0 Å². The van der Waals surface area contributed by atoms with Gasteiger partial charge < -0.3 is 0 Å². The third-order valence-corrected chi connectivity index (χ3v) is 3.27. The molecule has 0 aliphatic heterocycles. The Hall–Kier alpha value is -2.06. The van der Waals surface area contributed by atoms with Crippen LogP contribution in [0.25, 0.3) is 11.6 Å². The number of benzene rings is 2. The fourth-order valence-electron chi connectivity index (χ4n) is 1.81. The molecule has 0 aromatic heterocycles. The number of halogens is 4. The average Bonchev–Trinajstić information content (AvgIpc) is 2.44. The lowest BCUT2D eigenvalue weighted by Gasteiger charge is -2.08. The van der Waals surface area contributed by atoms with Crippen LogP contribution in [-0.4, -0.2) is 0 Å². The van der Waals surface area contributed by atoms with Crippen LogP contribution < -0.4 is 0 Å². The molecule has 0 amide bonds. The van der Waals surface area contributed by atoms with Gasteiger partial charge in [0.25, 0.3) is 0 Å². The van der Waals surface area contributed by atoms with Crippen LogP contribution in [0.3, 0.4) is 0 Å². The molecule has 0 radical (unpaired) electrons. The first-order valence-electron chi connectivity index (χ1n) is 5.95. The Morgan fingerprint density at radius 1 is 1.10 bits per heavy atom. The van der Waals surface area contributed by atoms with Gasteiger partial charge in [-0.2, -0.15) is 18.4 Å². The van der Waals surface area contributed by atoms with E-state index < -0.39 is 11.7 Å². The van der Waals surface area contributed by atoms with Gasteiger partial charge >= 0.3 is 6.18 Å². The Bertz CT molecular complexity index is 727. The van der Waals surface area contributed by atoms with E-state index in [2.05, 4.69) is 15.9 Å². The van der Waals surface area contributed by atoms with Gasteiger partial charge in [-0.15, -0.1) is 0 Å². The van der Waals surface area contributed by atoms with Crippen LogP contribution in [0, 0.1) is 11.3 Å². The Labute approximate surface area is 128 Å². The first-order chi connectivity index (χ1) is 9.90. The molecular formula is C16H9BrF3N. The largest absolute Gasteiger partial charge is 0.416 e. The minimum absolute atomic E-state index is 0.180. The zero-order chi connectivity index (χ0) is 15.5. The molecule has 0 saturated carbocycles. The van der Waals surface area contributed by atoms with E-state index in [9.17, 15) is 18.4 Å². The van der Waals surface area contributed by atoms with Crippen molar-refractivity contribution in [1.29, 1.82) is 5.26 Å². The predicted octanol–water partition coefficient (Wildman–Crippen LogP) is 5.53. The first-order valence-corrected chi connectivity index (χ1v) is 6.74. The van der Waals surface area contributed by atoms with Gasteiger partial charge in [-0.1, -0.05) is 40.2 Å². The summed E-state index contributed by atoms with van der Waals surface area (Å²) in [5.41, 5.74) is 0.389. The van der Waals surface area contributed by atoms with Gasteiger partial charge in [0, 0.05) is 4.47 Å². The molecule has 0 atom stereocenters. The topological polar surface area (TPSA) is 23.8 Å². The third kappa shape index (κ3) is 3.96. The van der Waals surface area contributed by atoms with Crippen molar-refractivity contribution in [1.82, 2.24) is 0 Å². The van der Waals surface area contributed by atoms with Crippen LogP contribution in [0.1, 0.15) is 16.7 Å².